The maximum atomic E-state index is 10.8. The van der Waals surface area contributed by atoms with Gasteiger partial charge < -0.3 is 0 Å². The highest BCUT2D eigenvalue weighted by Gasteiger charge is 2.22. The summed E-state index contributed by atoms with van der Waals surface area (Å²) in [5, 5.41) is 7.03. The van der Waals surface area contributed by atoms with Gasteiger partial charge in [0.25, 0.3) is 0 Å². The Balaban J connectivity index is 4.42. The third-order valence-electron chi connectivity index (χ3n) is 1.35. The number of ketones is 1. The number of hydrogen-bond acceptors (Lipinski definition) is 4. The van der Waals surface area contributed by atoms with E-state index in [0.717, 1.165) is 6.26 Å². The summed E-state index contributed by atoms with van der Waals surface area (Å²) in [5.41, 5.74) is 0. The summed E-state index contributed by atoms with van der Waals surface area (Å²) in [4.78, 5) is 10.8. The van der Waals surface area contributed by atoms with Gasteiger partial charge >= 0.3 is 0 Å². The van der Waals surface area contributed by atoms with E-state index in [4.69, 9.17) is 5.26 Å². The minimum Gasteiger partial charge on any atom is -0.297 e. The van der Waals surface area contributed by atoms with Gasteiger partial charge in [-0.1, -0.05) is 0 Å². The van der Waals surface area contributed by atoms with E-state index in [9.17, 15) is 13.2 Å². The van der Waals surface area contributed by atoms with Crippen LogP contribution in [0.3, 0.4) is 0 Å². The van der Waals surface area contributed by atoms with Crippen molar-refractivity contribution in [2.45, 2.75) is 18.6 Å². The summed E-state index contributed by atoms with van der Waals surface area (Å²) in [6.07, 6.45) is 0.640. The molecule has 1 atom stereocenters. The number of sulfone groups is 1. The summed E-state index contributed by atoms with van der Waals surface area (Å²) in [6.45, 7) is 1.29. The lowest BCUT2D eigenvalue weighted by Crippen LogP contribution is -2.25. The van der Waals surface area contributed by atoms with E-state index in [0.29, 0.717) is 0 Å². The van der Waals surface area contributed by atoms with Crippen LogP contribution in [0.1, 0.15) is 13.3 Å². The average molecular weight is 175 g/mol. The monoisotopic (exact) mass is 175 g/mol. The first-order chi connectivity index (χ1) is 4.89. The Bertz CT molecular complexity index is 285. The summed E-state index contributed by atoms with van der Waals surface area (Å²) >= 11 is 0. The predicted molar refractivity (Wildman–Crippen MR) is 39.5 cm³/mol. The molecule has 5 heteroatoms. The van der Waals surface area contributed by atoms with Crippen molar-refractivity contribution in [3.05, 3.63) is 0 Å². The molecule has 0 aromatic heterocycles. The molecule has 62 valence electrons. The minimum absolute atomic E-state index is 0.339. The number of nitriles is 1. The number of carbonyl (C=O) groups excluding carboxylic acids is 1. The van der Waals surface area contributed by atoms with Gasteiger partial charge in [0.2, 0.25) is 0 Å². The standard InChI is InChI=1S/C6H9NO3S/c1-5(11(2,9)10)6(8)3-4-7/h5H,3H2,1-2H3. The van der Waals surface area contributed by atoms with E-state index in [1.165, 1.54) is 6.92 Å². The molecule has 0 spiro atoms. The van der Waals surface area contributed by atoms with Crippen LogP contribution in [-0.2, 0) is 14.6 Å². The molecule has 0 saturated carbocycles. The normalized spacial score (nSPS) is 13.5. The smallest absolute Gasteiger partial charge is 0.164 e. The zero-order chi connectivity index (χ0) is 9.07. The Morgan fingerprint density at radius 3 is 2.36 bits per heavy atom. The first-order valence-electron chi connectivity index (χ1n) is 2.98. The predicted octanol–water partition coefficient (Wildman–Crippen LogP) is -0.0977. The fraction of sp³-hybridized carbons (Fsp3) is 0.667. The van der Waals surface area contributed by atoms with Crippen LogP contribution < -0.4 is 0 Å². The number of nitrogens with zero attached hydrogens (tertiary/aromatic N) is 1. The second kappa shape index (κ2) is 3.49. The largest absolute Gasteiger partial charge is 0.297 e. The van der Waals surface area contributed by atoms with Crippen LogP contribution in [0.4, 0.5) is 0 Å². The summed E-state index contributed by atoms with van der Waals surface area (Å²) in [7, 11) is -3.32. The van der Waals surface area contributed by atoms with Crippen LogP contribution in [-0.4, -0.2) is 25.7 Å². The fourth-order valence-electron chi connectivity index (χ4n) is 0.460. The highest BCUT2D eigenvalue weighted by molar-refractivity contribution is 7.92. The molecule has 0 aromatic carbocycles. The summed E-state index contributed by atoms with van der Waals surface area (Å²) in [6, 6.07) is 1.61. The summed E-state index contributed by atoms with van der Waals surface area (Å²) in [5.74, 6) is -0.546. The molecule has 0 N–H and O–H groups in total. The Hall–Kier alpha value is -0.890. The highest BCUT2D eigenvalue weighted by Crippen LogP contribution is 2.01. The van der Waals surface area contributed by atoms with Gasteiger partial charge in [-0.15, -0.1) is 0 Å². The molecule has 0 amide bonds. The van der Waals surface area contributed by atoms with Crippen molar-refractivity contribution in [2.75, 3.05) is 6.26 Å². The van der Waals surface area contributed by atoms with E-state index < -0.39 is 20.9 Å². The Labute approximate surface area is 65.7 Å². The first kappa shape index (κ1) is 10.1. The van der Waals surface area contributed by atoms with E-state index >= 15 is 0 Å². The lowest BCUT2D eigenvalue weighted by atomic mass is 10.2. The van der Waals surface area contributed by atoms with Gasteiger partial charge in [0.1, 0.15) is 5.25 Å². The lowest BCUT2D eigenvalue weighted by molar-refractivity contribution is -0.117. The second-order valence-corrected chi connectivity index (χ2v) is 4.64. The van der Waals surface area contributed by atoms with E-state index in [1.807, 2.05) is 0 Å². The van der Waals surface area contributed by atoms with E-state index in [2.05, 4.69) is 0 Å². The quantitative estimate of drug-likeness (QED) is 0.600. The third-order valence-corrected chi connectivity index (χ3v) is 2.90. The van der Waals surface area contributed by atoms with Gasteiger partial charge in [-0.3, -0.25) is 4.79 Å². The number of rotatable bonds is 3. The van der Waals surface area contributed by atoms with Gasteiger partial charge in [0, 0.05) is 6.26 Å². The SMILES string of the molecule is CC(C(=O)CC#N)S(C)(=O)=O. The van der Waals surface area contributed by atoms with Gasteiger partial charge in [0.05, 0.1) is 12.5 Å². The topological polar surface area (TPSA) is 75.0 Å². The van der Waals surface area contributed by atoms with Crippen LogP contribution in [0, 0.1) is 11.3 Å². The second-order valence-electron chi connectivity index (χ2n) is 2.27. The van der Waals surface area contributed by atoms with Crippen molar-refractivity contribution in [1.82, 2.24) is 0 Å². The van der Waals surface area contributed by atoms with Crippen molar-refractivity contribution in [3.63, 3.8) is 0 Å². The molecule has 0 rings (SSSR count). The Morgan fingerprint density at radius 2 is 2.09 bits per heavy atom. The molecule has 0 radical (unpaired) electrons. The van der Waals surface area contributed by atoms with Crippen molar-refractivity contribution >= 4 is 15.6 Å². The summed E-state index contributed by atoms with van der Waals surface area (Å²) < 4.78 is 21.4. The lowest BCUT2D eigenvalue weighted by Gasteiger charge is -2.03. The van der Waals surface area contributed by atoms with Crippen LogP contribution in [0.25, 0.3) is 0 Å². The van der Waals surface area contributed by atoms with Crippen LogP contribution in [0.5, 0.6) is 0 Å². The molecule has 0 aliphatic carbocycles. The minimum atomic E-state index is -3.32. The first-order valence-corrected chi connectivity index (χ1v) is 4.93. The molecule has 0 fully saturated rings. The third kappa shape index (κ3) is 3.14. The zero-order valence-electron chi connectivity index (χ0n) is 6.36. The Kier molecular flexibility index (Phi) is 3.20. The van der Waals surface area contributed by atoms with E-state index in [-0.39, 0.29) is 6.42 Å². The average Bonchev–Trinajstić information content (AvgIpc) is 1.85. The van der Waals surface area contributed by atoms with Crippen molar-refractivity contribution < 1.29 is 13.2 Å². The molecule has 1 unspecified atom stereocenters. The number of hydrogen-bond donors (Lipinski definition) is 0. The highest BCUT2D eigenvalue weighted by atomic mass is 32.2. The van der Waals surface area contributed by atoms with Crippen LogP contribution in [0.2, 0.25) is 0 Å². The molecule has 0 heterocycles. The molecule has 0 aliphatic rings. The Morgan fingerprint density at radius 1 is 1.64 bits per heavy atom. The molecule has 4 nitrogen and oxygen atoms in total. The molecule has 0 aliphatic heterocycles. The molecular weight excluding hydrogens is 166 g/mol. The van der Waals surface area contributed by atoms with Crippen molar-refractivity contribution in [1.29, 1.82) is 5.26 Å². The van der Waals surface area contributed by atoms with Crippen LogP contribution >= 0.6 is 0 Å². The van der Waals surface area contributed by atoms with Gasteiger partial charge in [-0.25, -0.2) is 8.42 Å². The zero-order valence-corrected chi connectivity index (χ0v) is 7.18. The van der Waals surface area contributed by atoms with Crippen molar-refractivity contribution in [3.8, 4) is 6.07 Å². The van der Waals surface area contributed by atoms with Gasteiger partial charge in [-0.2, -0.15) is 5.26 Å². The number of carbonyl (C=O) groups is 1. The maximum absolute atomic E-state index is 10.8. The van der Waals surface area contributed by atoms with Crippen LogP contribution in [0.15, 0.2) is 0 Å². The van der Waals surface area contributed by atoms with Crippen molar-refractivity contribution in [2.24, 2.45) is 0 Å². The maximum Gasteiger partial charge on any atom is 0.164 e. The molecular formula is C6H9NO3S. The molecule has 0 aromatic rings. The fourth-order valence-corrected chi connectivity index (χ4v) is 1.02. The van der Waals surface area contributed by atoms with Gasteiger partial charge in [-0.05, 0) is 6.92 Å². The molecule has 0 bridgehead atoms. The van der Waals surface area contributed by atoms with E-state index in [1.54, 1.807) is 6.07 Å². The van der Waals surface area contributed by atoms with Gasteiger partial charge in [0.15, 0.2) is 15.6 Å². The number of Topliss-reactive ketones (excluding diaryl/α,β-unsaturated/α-hetero) is 1. The molecule has 11 heavy (non-hydrogen) atoms. The molecule has 0 saturated heterocycles.